The Labute approximate surface area is 175 Å². The Kier molecular flexibility index (Phi) is 6.26. The zero-order chi connectivity index (χ0) is 21.9. The number of alkyl halides is 3. The summed E-state index contributed by atoms with van der Waals surface area (Å²) in [5, 5.41) is 3.62. The summed E-state index contributed by atoms with van der Waals surface area (Å²) < 4.78 is 31.2. The predicted octanol–water partition coefficient (Wildman–Crippen LogP) is 4.74. The Balaban J connectivity index is 0.000000377. The maximum absolute atomic E-state index is 11.9. The van der Waals surface area contributed by atoms with Gasteiger partial charge in [-0.1, -0.05) is 17.7 Å². The van der Waals surface area contributed by atoms with Crippen molar-refractivity contribution in [3.05, 3.63) is 64.4 Å². The van der Waals surface area contributed by atoms with E-state index in [2.05, 4.69) is 15.3 Å². The zero-order valence-electron chi connectivity index (χ0n) is 15.8. The van der Waals surface area contributed by atoms with Gasteiger partial charge < -0.3 is 10.3 Å². The number of carbonyl (C=O) groups is 2. The number of H-pyrrole nitrogens is 1. The minimum Gasteiger partial charge on any atom is -0.358 e. The van der Waals surface area contributed by atoms with Crippen LogP contribution in [-0.4, -0.2) is 34.9 Å². The summed E-state index contributed by atoms with van der Waals surface area (Å²) in [7, 11) is 0. The minimum absolute atomic E-state index is 0.0126. The summed E-state index contributed by atoms with van der Waals surface area (Å²) in [5.74, 6) is -0.0126. The van der Waals surface area contributed by atoms with E-state index in [-0.39, 0.29) is 5.91 Å². The lowest BCUT2D eigenvalue weighted by molar-refractivity contribution is -0.156. The second-order valence-electron chi connectivity index (χ2n) is 6.63. The first-order chi connectivity index (χ1) is 14.2. The van der Waals surface area contributed by atoms with E-state index in [0.717, 1.165) is 50.8 Å². The second-order valence-corrected chi connectivity index (χ2v) is 7.04. The van der Waals surface area contributed by atoms with Gasteiger partial charge in [0.05, 0.1) is 11.3 Å². The number of nitrogens with zero attached hydrogens (tertiary/aromatic N) is 1. The van der Waals surface area contributed by atoms with Crippen molar-refractivity contribution in [2.24, 2.45) is 0 Å². The summed E-state index contributed by atoms with van der Waals surface area (Å²) in [6, 6.07) is 11.8. The maximum atomic E-state index is 11.9. The minimum atomic E-state index is -4.64. The number of benzene rings is 1. The molecule has 30 heavy (non-hydrogen) atoms. The van der Waals surface area contributed by atoms with Gasteiger partial charge in [0.25, 0.3) is 5.91 Å². The summed E-state index contributed by atoms with van der Waals surface area (Å²) in [4.78, 5) is 28.5. The third-order valence-corrected chi connectivity index (χ3v) is 4.89. The molecule has 0 spiro atoms. The average molecular weight is 436 g/mol. The molecule has 2 N–H and O–H groups in total. The van der Waals surface area contributed by atoms with E-state index in [1.807, 2.05) is 43.3 Å². The number of aromatic nitrogens is 2. The van der Waals surface area contributed by atoms with Crippen LogP contribution < -0.4 is 5.32 Å². The molecule has 1 aliphatic heterocycles. The van der Waals surface area contributed by atoms with Crippen molar-refractivity contribution in [3.63, 3.8) is 0 Å². The van der Waals surface area contributed by atoms with Gasteiger partial charge >= 0.3 is 6.18 Å². The van der Waals surface area contributed by atoms with E-state index in [0.29, 0.717) is 6.54 Å². The number of hydrogen-bond acceptors (Lipinski definition) is 3. The topological polar surface area (TPSA) is 74.8 Å². The van der Waals surface area contributed by atoms with Crippen molar-refractivity contribution < 1.29 is 22.8 Å². The number of rotatable bonds is 2. The monoisotopic (exact) mass is 435 g/mol. The van der Waals surface area contributed by atoms with Gasteiger partial charge in [-0.05, 0) is 42.8 Å². The summed E-state index contributed by atoms with van der Waals surface area (Å²) in [5.41, 5.74) is 6.60. The molecule has 1 amide bonds. The fourth-order valence-electron chi connectivity index (χ4n) is 3.01. The highest BCUT2D eigenvalue weighted by Crippen LogP contribution is 2.28. The fraction of sp³-hybridized carbons (Fsp3) is 0.190. The molecule has 0 atom stereocenters. The molecule has 1 aliphatic rings. The first kappa shape index (κ1) is 21.6. The molecule has 0 saturated heterocycles. The number of pyridine rings is 1. The molecule has 0 radical (unpaired) electrons. The predicted molar refractivity (Wildman–Crippen MR) is 107 cm³/mol. The Morgan fingerprint density at radius 3 is 2.50 bits per heavy atom. The van der Waals surface area contributed by atoms with Gasteiger partial charge in [-0.2, -0.15) is 13.2 Å². The normalized spacial score (nSPS) is 13.0. The van der Waals surface area contributed by atoms with Crippen molar-refractivity contribution >= 4 is 23.8 Å². The summed E-state index contributed by atoms with van der Waals surface area (Å²) in [6.45, 7) is 2.66. The lowest BCUT2D eigenvalue weighted by Crippen LogP contribution is -2.31. The van der Waals surface area contributed by atoms with E-state index < -0.39 is 12.5 Å². The van der Waals surface area contributed by atoms with Crippen LogP contribution in [0.4, 0.5) is 13.2 Å². The lowest BCUT2D eigenvalue weighted by Gasteiger charge is -2.11. The van der Waals surface area contributed by atoms with Gasteiger partial charge in [0.2, 0.25) is 6.29 Å². The van der Waals surface area contributed by atoms with Crippen LogP contribution in [0.15, 0.2) is 42.6 Å². The smallest absolute Gasteiger partial charge is 0.358 e. The first-order valence-corrected chi connectivity index (χ1v) is 9.32. The van der Waals surface area contributed by atoms with Crippen LogP contribution in [0, 0.1) is 6.92 Å². The summed E-state index contributed by atoms with van der Waals surface area (Å²) >= 11 is 6.10. The van der Waals surface area contributed by atoms with E-state index >= 15 is 0 Å². The Hall–Kier alpha value is -3.13. The highest BCUT2D eigenvalue weighted by molar-refractivity contribution is 6.31. The van der Waals surface area contributed by atoms with Crippen molar-refractivity contribution in [2.45, 2.75) is 19.5 Å². The van der Waals surface area contributed by atoms with Gasteiger partial charge in [-0.15, -0.1) is 0 Å². The molecule has 4 rings (SSSR count). The van der Waals surface area contributed by atoms with E-state index in [1.165, 1.54) is 0 Å². The van der Waals surface area contributed by atoms with Crippen molar-refractivity contribution in [1.82, 2.24) is 15.3 Å². The molecule has 0 aliphatic carbocycles. The molecule has 0 unspecified atom stereocenters. The molecule has 2 aromatic heterocycles. The third-order valence-electron chi connectivity index (χ3n) is 4.46. The first-order valence-electron chi connectivity index (χ1n) is 8.94. The van der Waals surface area contributed by atoms with Crippen molar-refractivity contribution in [2.75, 3.05) is 6.54 Å². The summed E-state index contributed by atoms with van der Waals surface area (Å²) in [6.07, 6.45) is -3.09. The molecule has 1 aromatic carbocycles. The van der Waals surface area contributed by atoms with Crippen LogP contribution in [0.25, 0.3) is 22.5 Å². The van der Waals surface area contributed by atoms with Crippen LogP contribution in [-0.2, 0) is 11.2 Å². The van der Waals surface area contributed by atoms with Gasteiger partial charge in [-0.3, -0.25) is 14.6 Å². The van der Waals surface area contributed by atoms with E-state index in [9.17, 15) is 18.0 Å². The number of aromatic amines is 1. The molecular weight excluding hydrogens is 419 g/mol. The largest absolute Gasteiger partial charge is 0.446 e. The number of aldehydes is 1. The molecule has 9 heteroatoms. The number of amides is 1. The SMILES string of the molecule is Cc1cc(-c2cc(-c3cc4c([nH]3)CCNC4=O)ccn2)ccc1Cl.O=CC(F)(F)F. The molecule has 0 bridgehead atoms. The highest BCUT2D eigenvalue weighted by Gasteiger charge is 2.25. The van der Waals surface area contributed by atoms with E-state index in [4.69, 9.17) is 16.4 Å². The van der Waals surface area contributed by atoms with Crippen molar-refractivity contribution in [3.8, 4) is 22.5 Å². The van der Waals surface area contributed by atoms with Crippen LogP contribution in [0.2, 0.25) is 5.02 Å². The van der Waals surface area contributed by atoms with Gasteiger partial charge in [0.15, 0.2) is 0 Å². The highest BCUT2D eigenvalue weighted by atomic mass is 35.5. The van der Waals surface area contributed by atoms with Crippen molar-refractivity contribution in [1.29, 1.82) is 0 Å². The molecule has 5 nitrogen and oxygen atoms in total. The van der Waals surface area contributed by atoms with Gasteiger partial charge in [0.1, 0.15) is 0 Å². The second kappa shape index (κ2) is 8.71. The van der Waals surface area contributed by atoms with E-state index in [1.54, 1.807) is 6.20 Å². The van der Waals surface area contributed by atoms with Crippen LogP contribution in [0.3, 0.4) is 0 Å². The molecule has 3 heterocycles. The fourth-order valence-corrected chi connectivity index (χ4v) is 3.13. The van der Waals surface area contributed by atoms with Gasteiger partial charge in [-0.25, -0.2) is 0 Å². The molecule has 0 saturated carbocycles. The Morgan fingerprint density at radius 1 is 1.13 bits per heavy atom. The van der Waals surface area contributed by atoms with Gasteiger partial charge in [0, 0.05) is 46.7 Å². The van der Waals surface area contributed by atoms with Crippen LogP contribution >= 0.6 is 11.6 Å². The number of hydrogen-bond donors (Lipinski definition) is 2. The molecule has 0 fully saturated rings. The molecule has 3 aromatic rings. The van der Waals surface area contributed by atoms with Crippen LogP contribution in [0.5, 0.6) is 0 Å². The molecule has 156 valence electrons. The number of carbonyl (C=O) groups excluding carboxylic acids is 2. The zero-order valence-corrected chi connectivity index (χ0v) is 16.6. The maximum Gasteiger partial charge on any atom is 0.446 e. The van der Waals surface area contributed by atoms with Crippen LogP contribution in [0.1, 0.15) is 21.6 Å². The standard InChI is InChI=1S/C19H16ClN3O.C2HF3O/c1-11-8-12(2-3-15(11)20)17-9-13(4-6-21-17)18-10-14-16(23-18)5-7-22-19(14)24;3-2(4,5)1-6/h2-4,6,8-10,23H,5,7H2,1H3,(H,22,24);1H. The number of nitrogens with one attached hydrogen (secondary N) is 2. The average Bonchev–Trinajstić information content (AvgIpc) is 3.16. The lowest BCUT2D eigenvalue weighted by atomic mass is 10.0. The Morgan fingerprint density at radius 2 is 1.87 bits per heavy atom. The quantitative estimate of drug-likeness (QED) is 0.571. The number of halogens is 4. The number of fused-ring (bicyclic) bond motifs is 1. The number of aryl methyl sites for hydroxylation is 1. The molecular formula is C21H17ClF3N3O2. The Bertz CT molecular complexity index is 1090. The third kappa shape index (κ3) is 5.07.